The van der Waals surface area contributed by atoms with E-state index in [1.807, 2.05) is 0 Å². The molecule has 6 nitrogen and oxygen atoms in total. The Bertz CT molecular complexity index is 528. The normalized spacial score (nSPS) is 11.9. The second kappa shape index (κ2) is 7.25. The lowest BCUT2D eigenvalue weighted by atomic mass is 10.1. The molecule has 0 aliphatic rings. The number of hydrogen-bond acceptors (Lipinski definition) is 4. The molecule has 0 aliphatic heterocycles. The first-order chi connectivity index (χ1) is 9.32. The van der Waals surface area contributed by atoms with Crippen LogP contribution in [0, 0.1) is 6.92 Å². The molecular weight excluding hydrogens is 306 g/mol. The fraction of sp³-hybridized carbons (Fsp3) is 0.417. The molecule has 20 heavy (non-hydrogen) atoms. The van der Waals surface area contributed by atoms with Gasteiger partial charge < -0.3 is 15.5 Å². The summed E-state index contributed by atoms with van der Waals surface area (Å²) in [5, 5.41) is 21.9. The van der Waals surface area contributed by atoms with Gasteiger partial charge in [0.1, 0.15) is 10.9 Å². The van der Waals surface area contributed by atoms with Crippen LogP contribution in [-0.2, 0) is 9.59 Å². The van der Waals surface area contributed by atoms with Gasteiger partial charge in [-0.25, -0.2) is 4.79 Å². The summed E-state index contributed by atoms with van der Waals surface area (Å²) >= 11 is 7.07. The number of carboxylic acid groups (broad SMARTS) is 2. The number of halogens is 1. The summed E-state index contributed by atoms with van der Waals surface area (Å²) in [6, 6.07) is -1.12. The number of hydrogen-bond donors (Lipinski definition) is 3. The van der Waals surface area contributed by atoms with Crippen LogP contribution in [0.4, 0.5) is 0 Å². The Morgan fingerprint density at radius 1 is 1.40 bits per heavy atom. The molecule has 0 saturated heterocycles. The average Bonchev–Trinajstić information content (AvgIpc) is 2.68. The highest BCUT2D eigenvalue weighted by Crippen LogP contribution is 2.27. The largest absolute Gasteiger partial charge is 0.481 e. The summed E-state index contributed by atoms with van der Waals surface area (Å²) in [5.74, 6) is -2.76. The second-order valence-corrected chi connectivity index (χ2v) is 5.47. The van der Waals surface area contributed by atoms with Gasteiger partial charge in [-0.15, -0.1) is 11.3 Å². The maximum Gasteiger partial charge on any atom is 0.326 e. The minimum atomic E-state index is -1.20. The van der Waals surface area contributed by atoms with Gasteiger partial charge in [0.2, 0.25) is 0 Å². The molecular formula is C12H14ClNO5S. The monoisotopic (exact) mass is 319 g/mol. The Labute approximate surface area is 124 Å². The molecule has 1 atom stereocenters. The van der Waals surface area contributed by atoms with Gasteiger partial charge in [0.05, 0.1) is 5.02 Å². The SMILES string of the molecule is Cc1csc(C(=O)N[C@H](CCCC(=O)O)C(=O)O)c1Cl. The van der Waals surface area contributed by atoms with E-state index in [-0.39, 0.29) is 24.1 Å². The van der Waals surface area contributed by atoms with Crippen LogP contribution >= 0.6 is 22.9 Å². The quantitative estimate of drug-likeness (QED) is 0.714. The van der Waals surface area contributed by atoms with Crippen LogP contribution in [0.1, 0.15) is 34.5 Å². The predicted molar refractivity (Wildman–Crippen MR) is 74.4 cm³/mol. The van der Waals surface area contributed by atoms with Crippen LogP contribution in [0.2, 0.25) is 5.02 Å². The number of aryl methyl sites for hydroxylation is 1. The third-order valence-corrected chi connectivity index (χ3v) is 4.29. The Morgan fingerprint density at radius 2 is 2.05 bits per heavy atom. The molecule has 0 saturated carbocycles. The standard InChI is InChI=1S/C12H14ClNO5S/c1-6-5-20-10(9(6)13)11(17)14-7(12(18)19)3-2-4-8(15)16/h5,7H,2-4H2,1H3,(H,14,17)(H,15,16)(H,18,19)/t7-/m1/s1. The molecule has 110 valence electrons. The molecule has 0 spiro atoms. The zero-order valence-corrected chi connectivity index (χ0v) is 12.3. The molecule has 8 heteroatoms. The van der Waals surface area contributed by atoms with Gasteiger partial charge in [-0.3, -0.25) is 9.59 Å². The lowest BCUT2D eigenvalue weighted by molar-refractivity contribution is -0.140. The first kappa shape index (κ1) is 16.5. The number of carbonyl (C=O) groups excluding carboxylic acids is 1. The highest BCUT2D eigenvalue weighted by atomic mass is 35.5. The summed E-state index contributed by atoms with van der Waals surface area (Å²) in [6.45, 7) is 1.75. The van der Waals surface area contributed by atoms with Crippen molar-refractivity contribution in [2.24, 2.45) is 0 Å². The smallest absolute Gasteiger partial charge is 0.326 e. The molecule has 1 rings (SSSR count). The highest BCUT2D eigenvalue weighted by Gasteiger charge is 2.23. The molecule has 1 aromatic heterocycles. The second-order valence-electron chi connectivity index (χ2n) is 4.21. The van der Waals surface area contributed by atoms with E-state index in [1.165, 1.54) is 0 Å². The van der Waals surface area contributed by atoms with E-state index in [0.717, 1.165) is 16.9 Å². The Kier molecular flexibility index (Phi) is 5.97. The number of thiophene rings is 1. The third-order valence-electron chi connectivity index (χ3n) is 2.59. The molecule has 1 amide bonds. The summed E-state index contributed by atoms with van der Waals surface area (Å²) in [6.07, 6.45) is 0.0810. The van der Waals surface area contributed by atoms with Crippen molar-refractivity contribution in [3.63, 3.8) is 0 Å². The Morgan fingerprint density at radius 3 is 2.50 bits per heavy atom. The van der Waals surface area contributed by atoms with Gasteiger partial charge in [0.15, 0.2) is 0 Å². The minimum absolute atomic E-state index is 0.0509. The summed E-state index contributed by atoms with van der Waals surface area (Å²) in [5.41, 5.74) is 0.750. The molecule has 0 bridgehead atoms. The van der Waals surface area contributed by atoms with E-state index in [4.69, 9.17) is 21.8 Å². The number of carboxylic acids is 2. The lowest BCUT2D eigenvalue weighted by Gasteiger charge is -2.13. The number of carbonyl (C=O) groups is 3. The molecule has 1 aromatic rings. The minimum Gasteiger partial charge on any atom is -0.481 e. The van der Waals surface area contributed by atoms with Crippen molar-refractivity contribution in [1.29, 1.82) is 0 Å². The molecule has 0 unspecified atom stereocenters. The van der Waals surface area contributed by atoms with Crippen molar-refractivity contribution >= 4 is 40.8 Å². The molecule has 1 heterocycles. The molecule has 3 N–H and O–H groups in total. The van der Waals surface area contributed by atoms with E-state index in [1.54, 1.807) is 12.3 Å². The van der Waals surface area contributed by atoms with Crippen molar-refractivity contribution in [2.45, 2.75) is 32.2 Å². The Balaban J connectivity index is 2.66. The van der Waals surface area contributed by atoms with E-state index in [0.29, 0.717) is 5.02 Å². The van der Waals surface area contributed by atoms with Crippen molar-refractivity contribution < 1.29 is 24.6 Å². The lowest BCUT2D eigenvalue weighted by Crippen LogP contribution is -2.40. The topological polar surface area (TPSA) is 104 Å². The van der Waals surface area contributed by atoms with Crippen molar-refractivity contribution in [1.82, 2.24) is 5.32 Å². The number of nitrogens with one attached hydrogen (secondary N) is 1. The van der Waals surface area contributed by atoms with Crippen LogP contribution < -0.4 is 5.32 Å². The third kappa shape index (κ3) is 4.50. The van der Waals surface area contributed by atoms with Crippen LogP contribution in [-0.4, -0.2) is 34.1 Å². The maximum atomic E-state index is 11.9. The van der Waals surface area contributed by atoms with Crippen LogP contribution in [0.3, 0.4) is 0 Å². The first-order valence-electron chi connectivity index (χ1n) is 5.82. The average molecular weight is 320 g/mol. The van der Waals surface area contributed by atoms with Crippen molar-refractivity contribution in [2.75, 3.05) is 0 Å². The van der Waals surface area contributed by atoms with Gasteiger partial charge in [-0.1, -0.05) is 11.6 Å². The maximum absolute atomic E-state index is 11.9. The van der Waals surface area contributed by atoms with Crippen molar-refractivity contribution in [3.05, 3.63) is 20.8 Å². The van der Waals surface area contributed by atoms with Gasteiger partial charge >= 0.3 is 11.9 Å². The number of aliphatic carboxylic acids is 2. The highest BCUT2D eigenvalue weighted by molar-refractivity contribution is 7.13. The molecule has 0 radical (unpaired) electrons. The van der Waals surface area contributed by atoms with Gasteiger partial charge in [-0.05, 0) is 30.7 Å². The van der Waals surface area contributed by atoms with E-state index >= 15 is 0 Å². The van der Waals surface area contributed by atoms with Gasteiger partial charge in [-0.2, -0.15) is 0 Å². The fourth-order valence-electron chi connectivity index (χ4n) is 1.52. The van der Waals surface area contributed by atoms with Crippen molar-refractivity contribution in [3.8, 4) is 0 Å². The van der Waals surface area contributed by atoms with Gasteiger partial charge in [0, 0.05) is 6.42 Å². The van der Waals surface area contributed by atoms with E-state index in [9.17, 15) is 14.4 Å². The van der Waals surface area contributed by atoms with Crippen LogP contribution in [0.25, 0.3) is 0 Å². The zero-order valence-electron chi connectivity index (χ0n) is 10.7. The fourth-order valence-corrected chi connectivity index (χ4v) is 2.70. The summed E-state index contributed by atoms with van der Waals surface area (Å²) in [4.78, 5) is 33.6. The van der Waals surface area contributed by atoms with Crippen LogP contribution in [0.5, 0.6) is 0 Å². The number of rotatable bonds is 7. The molecule has 0 aliphatic carbocycles. The summed E-state index contributed by atoms with van der Waals surface area (Å²) in [7, 11) is 0. The zero-order chi connectivity index (χ0) is 15.3. The first-order valence-corrected chi connectivity index (χ1v) is 7.07. The molecule has 0 fully saturated rings. The van der Waals surface area contributed by atoms with E-state index < -0.39 is 23.9 Å². The van der Waals surface area contributed by atoms with E-state index in [2.05, 4.69) is 5.32 Å². The Hall–Kier alpha value is -1.60. The molecule has 0 aromatic carbocycles. The summed E-state index contributed by atoms with van der Waals surface area (Å²) < 4.78 is 0. The van der Waals surface area contributed by atoms with Gasteiger partial charge in [0.25, 0.3) is 5.91 Å². The number of amides is 1. The van der Waals surface area contributed by atoms with Crippen LogP contribution in [0.15, 0.2) is 5.38 Å². The predicted octanol–water partition coefficient (Wildman–Crippen LogP) is 2.15.